The molecule has 0 aliphatic heterocycles. The highest BCUT2D eigenvalue weighted by Crippen LogP contribution is 2.29. The highest BCUT2D eigenvalue weighted by molar-refractivity contribution is 9.10. The quantitative estimate of drug-likeness (QED) is 0.445. The molecule has 0 radical (unpaired) electrons. The van der Waals surface area contributed by atoms with Crippen molar-refractivity contribution < 1.29 is 9.66 Å². The lowest BCUT2D eigenvalue weighted by Gasteiger charge is -2.08. The van der Waals surface area contributed by atoms with Crippen molar-refractivity contribution in [3.63, 3.8) is 0 Å². The molecule has 0 aromatic heterocycles. The Balaban J connectivity index is 2.10. The van der Waals surface area contributed by atoms with Gasteiger partial charge in [0.2, 0.25) is 0 Å². The average Bonchev–Trinajstić information content (AvgIpc) is 2.46. The van der Waals surface area contributed by atoms with Gasteiger partial charge in [0.05, 0.1) is 4.92 Å². The third kappa shape index (κ3) is 3.52. The van der Waals surface area contributed by atoms with Gasteiger partial charge in [0.1, 0.15) is 16.8 Å². The standard InChI is InChI=1S/C14H12BrNO3S/c1-20-12-7-5-11(6-8-12)19-9-10-3-2-4-13(14(10)15)16(17)18/h2-8H,9H2,1H3. The number of nitrogens with zero attached hydrogens (tertiary/aromatic N) is 1. The summed E-state index contributed by atoms with van der Waals surface area (Å²) in [6.07, 6.45) is 2.01. The van der Waals surface area contributed by atoms with Gasteiger partial charge in [-0.15, -0.1) is 11.8 Å². The van der Waals surface area contributed by atoms with Crippen LogP contribution in [-0.4, -0.2) is 11.2 Å². The third-order valence-corrected chi connectivity index (χ3v) is 4.37. The zero-order chi connectivity index (χ0) is 14.5. The summed E-state index contributed by atoms with van der Waals surface area (Å²) in [4.78, 5) is 11.6. The van der Waals surface area contributed by atoms with Crippen LogP contribution < -0.4 is 4.74 Å². The smallest absolute Gasteiger partial charge is 0.283 e. The molecule has 2 aromatic carbocycles. The summed E-state index contributed by atoms with van der Waals surface area (Å²) >= 11 is 4.91. The Kier molecular flexibility index (Phi) is 5.03. The molecule has 0 atom stereocenters. The Morgan fingerprint density at radius 3 is 2.55 bits per heavy atom. The van der Waals surface area contributed by atoms with E-state index >= 15 is 0 Å². The Morgan fingerprint density at radius 2 is 1.95 bits per heavy atom. The lowest BCUT2D eigenvalue weighted by molar-refractivity contribution is -0.385. The van der Waals surface area contributed by atoms with Gasteiger partial charge in [-0.2, -0.15) is 0 Å². The summed E-state index contributed by atoms with van der Waals surface area (Å²) < 4.78 is 6.11. The molecule has 20 heavy (non-hydrogen) atoms. The van der Waals surface area contributed by atoms with Crippen LogP contribution in [0.4, 0.5) is 5.69 Å². The first-order valence-corrected chi connectivity index (χ1v) is 7.82. The largest absolute Gasteiger partial charge is 0.489 e. The Bertz CT molecular complexity index is 616. The number of ether oxygens (including phenoxy) is 1. The molecule has 0 N–H and O–H groups in total. The van der Waals surface area contributed by atoms with E-state index in [0.29, 0.717) is 4.47 Å². The van der Waals surface area contributed by atoms with Crippen LogP contribution in [0.25, 0.3) is 0 Å². The van der Waals surface area contributed by atoms with Crippen LogP contribution in [0.1, 0.15) is 5.56 Å². The minimum Gasteiger partial charge on any atom is -0.489 e. The molecule has 0 saturated heterocycles. The Labute approximate surface area is 129 Å². The van der Waals surface area contributed by atoms with Crippen LogP contribution in [0.2, 0.25) is 0 Å². The van der Waals surface area contributed by atoms with E-state index in [9.17, 15) is 10.1 Å². The number of benzene rings is 2. The highest BCUT2D eigenvalue weighted by Gasteiger charge is 2.14. The number of halogens is 1. The fourth-order valence-corrected chi connectivity index (χ4v) is 2.58. The van der Waals surface area contributed by atoms with Crippen molar-refractivity contribution in [3.8, 4) is 5.75 Å². The summed E-state index contributed by atoms with van der Waals surface area (Å²) in [5.41, 5.74) is 0.789. The molecular formula is C14H12BrNO3S. The number of thioether (sulfide) groups is 1. The summed E-state index contributed by atoms with van der Waals surface area (Å²) in [7, 11) is 0. The molecular weight excluding hydrogens is 342 g/mol. The maximum Gasteiger partial charge on any atom is 0.283 e. The molecule has 2 aromatic rings. The zero-order valence-electron chi connectivity index (χ0n) is 10.7. The highest BCUT2D eigenvalue weighted by atomic mass is 79.9. The van der Waals surface area contributed by atoms with Crippen molar-refractivity contribution in [2.75, 3.05) is 6.26 Å². The fraction of sp³-hybridized carbons (Fsp3) is 0.143. The monoisotopic (exact) mass is 353 g/mol. The van der Waals surface area contributed by atoms with Gasteiger partial charge in [-0.1, -0.05) is 12.1 Å². The molecule has 0 amide bonds. The lowest BCUT2D eigenvalue weighted by atomic mass is 10.2. The normalized spacial score (nSPS) is 10.3. The predicted octanol–water partition coefficient (Wildman–Crippen LogP) is 4.66. The predicted molar refractivity (Wildman–Crippen MR) is 83.4 cm³/mol. The minimum absolute atomic E-state index is 0.0452. The van der Waals surface area contributed by atoms with Crippen molar-refractivity contribution in [2.24, 2.45) is 0 Å². The first-order chi connectivity index (χ1) is 9.61. The van der Waals surface area contributed by atoms with E-state index in [4.69, 9.17) is 4.74 Å². The number of nitro benzene ring substituents is 1. The van der Waals surface area contributed by atoms with Crippen LogP contribution >= 0.6 is 27.7 Å². The summed E-state index contributed by atoms with van der Waals surface area (Å²) in [6.45, 7) is 0.279. The number of rotatable bonds is 5. The van der Waals surface area contributed by atoms with Crippen molar-refractivity contribution in [1.29, 1.82) is 0 Å². The van der Waals surface area contributed by atoms with Crippen LogP contribution in [-0.2, 0) is 6.61 Å². The van der Waals surface area contributed by atoms with Gasteiger partial charge in [0, 0.05) is 16.5 Å². The van der Waals surface area contributed by atoms with Gasteiger partial charge < -0.3 is 4.74 Å². The molecule has 0 fully saturated rings. The SMILES string of the molecule is CSc1ccc(OCc2cccc([N+](=O)[O-])c2Br)cc1. The molecule has 2 rings (SSSR count). The number of hydrogen-bond acceptors (Lipinski definition) is 4. The van der Waals surface area contributed by atoms with Gasteiger partial charge in [0.25, 0.3) is 5.69 Å². The topological polar surface area (TPSA) is 52.4 Å². The van der Waals surface area contributed by atoms with Gasteiger partial charge in [-0.05, 0) is 46.5 Å². The molecule has 0 bridgehead atoms. The van der Waals surface area contributed by atoms with Gasteiger partial charge in [-0.25, -0.2) is 0 Å². The Hall–Kier alpha value is -1.53. The summed E-state index contributed by atoms with van der Waals surface area (Å²) in [5, 5.41) is 10.9. The molecule has 0 aliphatic carbocycles. The van der Waals surface area contributed by atoms with Gasteiger partial charge in [0.15, 0.2) is 0 Å². The number of hydrogen-bond donors (Lipinski definition) is 0. The first kappa shape index (κ1) is 14.9. The maximum atomic E-state index is 10.9. The molecule has 0 aliphatic rings. The van der Waals surface area contributed by atoms with E-state index < -0.39 is 4.92 Å². The van der Waals surface area contributed by atoms with Gasteiger partial charge in [-0.3, -0.25) is 10.1 Å². The molecule has 0 unspecified atom stereocenters. The second kappa shape index (κ2) is 6.76. The molecule has 6 heteroatoms. The maximum absolute atomic E-state index is 10.9. The lowest BCUT2D eigenvalue weighted by Crippen LogP contribution is -1.99. The van der Waals surface area contributed by atoms with E-state index in [2.05, 4.69) is 15.9 Å². The first-order valence-electron chi connectivity index (χ1n) is 5.80. The van der Waals surface area contributed by atoms with Crippen LogP contribution in [0, 0.1) is 10.1 Å². The molecule has 0 heterocycles. The van der Waals surface area contributed by atoms with Crippen LogP contribution in [0.15, 0.2) is 51.8 Å². The third-order valence-electron chi connectivity index (χ3n) is 2.71. The van der Waals surface area contributed by atoms with Crippen molar-refractivity contribution in [3.05, 3.63) is 62.6 Å². The molecule has 104 valence electrons. The number of nitro groups is 1. The summed E-state index contributed by atoms with van der Waals surface area (Å²) in [5.74, 6) is 0.737. The van der Waals surface area contributed by atoms with E-state index in [1.807, 2.05) is 30.5 Å². The van der Waals surface area contributed by atoms with Gasteiger partial charge >= 0.3 is 0 Å². The van der Waals surface area contributed by atoms with Crippen LogP contribution in [0.5, 0.6) is 5.75 Å². The Morgan fingerprint density at radius 1 is 1.25 bits per heavy atom. The van der Waals surface area contributed by atoms with E-state index in [1.54, 1.807) is 23.9 Å². The average molecular weight is 354 g/mol. The van der Waals surface area contributed by atoms with E-state index in [-0.39, 0.29) is 12.3 Å². The van der Waals surface area contributed by atoms with E-state index in [0.717, 1.165) is 16.2 Å². The minimum atomic E-state index is -0.416. The summed E-state index contributed by atoms with van der Waals surface area (Å²) in [6, 6.07) is 12.6. The molecule has 4 nitrogen and oxygen atoms in total. The zero-order valence-corrected chi connectivity index (χ0v) is 13.1. The van der Waals surface area contributed by atoms with E-state index in [1.165, 1.54) is 6.07 Å². The molecule has 0 saturated carbocycles. The van der Waals surface area contributed by atoms with Crippen molar-refractivity contribution in [1.82, 2.24) is 0 Å². The van der Waals surface area contributed by atoms with Crippen molar-refractivity contribution in [2.45, 2.75) is 11.5 Å². The van der Waals surface area contributed by atoms with Crippen LogP contribution in [0.3, 0.4) is 0 Å². The fourth-order valence-electron chi connectivity index (χ4n) is 1.65. The molecule has 0 spiro atoms. The van der Waals surface area contributed by atoms with Crippen molar-refractivity contribution >= 4 is 33.4 Å². The second-order valence-corrected chi connectivity index (χ2v) is 5.64. The second-order valence-electron chi connectivity index (χ2n) is 3.97.